The lowest BCUT2D eigenvalue weighted by molar-refractivity contribution is 0.0734. The summed E-state index contributed by atoms with van der Waals surface area (Å²) in [7, 11) is 0. The Morgan fingerprint density at radius 1 is 0.914 bits per heavy atom. The van der Waals surface area contributed by atoms with Gasteiger partial charge in [-0.2, -0.15) is 5.26 Å². The number of esters is 1. The van der Waals surface area contributed by atoms with Gasteiger partial charge in [0.2, 0.25) is 0 Å². The number of halogens is 1. The number of hydrogen-bond donors (Lipinski definition) is 0. The van der Waals surface area contributed by atoms with Crippen molar-refractivity contribution in [1.29, 1.82) is 5.26 Å². The van der Waals surface area contributed by atoms with Gasteiger partial charge in [0, 0.05) is 6.07 Å². The molecule has 0 fully saturated rings. The molecule has 1 atom stereocenters. The van der Waals surface area contributed by atoms with Gasteiger partial charge in [0.15, 0.2) is 0 Å². The van der Waals surface area contributed by atoms with Crippen molar-refractivity contribution >= 4 is 18.1 Å². The van der Waals surface area contributed by atoms with Crippen LogP contribution in [0.15, 0.2) is 97.1 Å². The molecule has 0 heterocycles. The summed E-state index contributed by atoms with van der Waals surface area (Å²) in [5.74, 6) is -0.808. The van der Waals surface area contributed by atoms with Crippen molar-refractivity contribution in [3.05, 3.63) is 136 Å². The van der Waals surface area contributed by atoms with E-state index >= 15 is 0 Å². The molecule has 0 aliphatic heterocycles. The van der Waals surface area contributed by atoms with Gasteiger partial charge in [-0.15, -0.1) is 0 Å². The van der Waals surface area contributed by atoms with E-state index in [1.165, 1.54) is 23.3 Å². The molecule has 4 heteroatoms. The predicted molar refractivity (Wildman–Crippen MR) is 136 cm³/mol. The average molecular weight is 462 g/mol. The first-order valence-corrected chi connectivity index (χ1v) is 11.4. The zero-order valence-electron chi connectivity index (χ0n) is 19.3. The second-order valence-electron chi connectivity index (χ2n) is 8.36. The van der Waals surface area contributed by atoms with Crippen LogP contribution in [0.25, 0.3) is 12.2 Å². The molecule has 3 nitrogen and oxygen atoms in total. The van der Waals surface area contributed by atoms with Gasteiger partial charge in [-0.3, -0.25) is 0 Å². The Bertz CT molecular complexity index is 1370. The lowest BCUT2D eigenvalue weighted by Gasteiger charge is -2.12. The topological polar surface area (TPSA) is 50.1 Å². The second-order valence-corrected chi connectivity index (χ2v) is 8.36. The molecule has 1 unspecified atom stereocenters. The predicted octanol–water partition coefficient (Wildman–Crippen LogP) is 7.43. The van der Waals surface area contributed by atoms with Crippen molar-refractivity contribution in [2.24, 2.45) is 0 Å². The van der Waals surface area contributed by atoms with E-state index in [-0.39, 0.29) is 11.3 Å². The zero-order chi connectivity index (χ0) is 24.6. The van der Waals surface area contributed by atoms with E-state index in [2.05, 4.69) is 55.5 Å². The normalized spacial score (nSPS) is 11.7. The van der Waals surface area contributed by atoms with E-state index in [9.17, 15) is 9.18 Å². The van der Waals surface area contributed by atoms with E-state index in [1.807, 2.05) is 30.4 Å². The Morgan fingerprint density at radius 3 is 2.14 bits per heavy atom. The summed E-state index contributed by atoms with van der Waals surface area (Å²) in [6, 6.07) is 31.4. The highest BCUT2D eigenvalue weighted by Gasteiger charge is 2.11. The Hall–Kier alpha value is -4.49. The van der Waals surface area contributed by atoms with Crippen LogP contribution in [-0.2, 0) is 6.42 Å². The molecule has 172 valence electrons. The molecule has 4 rings (SSSR count). The maximum absolute atomic E-state index is 13.7. The van der Waals surface area contributed by atoms with Gasteiger partial charge in [0.1, 0.15) is 17.6 Å². The lowest BCUT2D eigenvalue weighted by atomic mass is 9.93. The summed E-state index contributed by atoms with van der Waals surface area (Å²) in [6.07, 6.45) is 4.99. The second kappa shape index (κ2) is 11.1. The van der Waals surface area contributed by atoms with Gasteiger partial charge in [-0.05, 0) is 58.9 Å². The van der Waals surface area contributed by atoms with Gasteiger partial charge in [0.25, 0.3) is 0 Å². The van der Waals surface area contributed by atoms with Gasteiger partial charge in [-0.25, -0.2) is 9.18 Å². The first-order valence-electron chi connectivity index (χ1n) is 11.4. The van der Waals surface area contributed by atoms with Crippen molar-refractivity contribution in [2.75, 3.05) is 0 Å². The number of benzene rings is 4. The number of carbonyl (C=O) groups excluding carboxylic acids is 1. The van der Waals surface area contributed by atoms with Crippen molar-refractivity contribution < 1.29 is 13.9 Å². The molecule has 0 saturated heterocycles. The Balaban J connectivity index is 1.34. The van der Waals surface area contributed by atoms with Crippen LogP contribution < -0.4 is 4.74 Å². The summed E-state index contributed by atoms with van der Waals surface area (Å²) in [6.45, 7) is 2.24. The SMILES string of the molecule is CC(Cc1ccc(/C=C/c2ccc(C(=O)Oc3ccc(C#N)c(F)c3)cc2)cc1)c1ccccc1. The quantitative estimate of drug-likeness (QED) is 0.163. The maximum Gasteiger partial charge on any atom is 0.343 e. The largest absolute Gasteiger partial charge is 0.423 e. The minimum atomic E-state index is -0.725. The summed E-state index contributed by atoms with van der Waals surface area (Å²) in [5.41, 5.74) is 4.91. The molecule has 0 saturated carbocycles. The molecule has 0 aliphatic carbocycles. The monoisotopic (exact) mass is 461 g/mol. The Morgan fingerprint density at radius 2 is 1.54 bits per heavy atom. The first kappa shape index (κ1) is 23.7. The van der Waals surface area contributed by atoms with Crippen molar-refractivity contribution in [2.45, 2.75) is 19.3 Å². The van der Waals surface area contributed by atoms with Gasteiger partial charge < -0.3 is 4.74 Å². The fourth-order valence-electron chi connectivity index (χ4n) is 3.76. The standard InChI is InChI=1S/C31H24FNO2/c1-22(26-5-3-2-4-6-26)19-25-11-9-23(10-12-25)7-8-24-13-15-27(16-14-24)31(34)35-29-18-17-28(21-33)30(32)20-29/h2-18,20,22H,19H2,1H3/b8-7+. The third-order valence-electron chi connectivity index (χ3n) is 5.78. The molecule has 0 spiro atoms. The highest BCUT2D eigenvalue weighted by molar-refractivity contribution is 5.91. The summed E-state index contributed by atoms with van der Waals surface area (Å²) in [5, 5.41) is 8.79. The molecule has 0 radical (unpaired) electrons. The third-order valence-corrected chi connectivity index (χ3v) is 5.78. The number of nitriles is 1. The molecule has 0 aromatic heterocycles. The highest BCUT2D eigenvalue weighted by Crippen LogP contribution is 2.21. The Labute approximate surface area is 204 Å². The molecule has 0 N–H and O–H groups in total. The smallest absolute Gasteiger partial charge is 0.343 e. The van der Waals surface area contributed by atoms with Crippen LogP contribution in [0, 0.1) is 17.1 Å². The molecule has 0 amide bonds. The average Bonchev–Trinajstić information content (AvgIpc) is 2.89. The van der Waals surface area contributed by atoms with Gasteiger partial charge in [0.05, 0.1) is 11.1 Å². The first-order chi connectivity index (χ1) is 17.0. The summed E-state index contributed by atoms with van der Waals surface area (Å²) in [4.78, 5) is 12.3. The van der Waals surface area contributed by atoms with Crippen LogP contribution in [0.1, 0.15) is 51.0 Å². The minimum Gasteiger partial charge on any atom is -0.423 e. The number of nitrogens with zero attached hydrogens (tertiary/aromatic N) is 1. The fourth-order valence-corrected chi connectivity index (χ4v) is 3.76. The number of rotatable bonds is 7. The highest BCUT2D eigenvalue weighted by atomic mass is 19.1. The number of ether oxygens (including phenoxy) is 1. The molecule has 35 heavy (non-hydrogen) atoms. The van der Waals surface area contributed by atoms with E-state index < -0.39 is 11.8 Å². The number of hydrogen-bond acceptors (Lipinski definition) is 3. The Kier molecular flexibility index (Phi) is 7.50. The molecular weight excluding hydrogens is 437 g/mol. The van der Waals surface area contributed by atoms with Gasteiger partial charge in [-0.1, -0.05) is 85.8 Å². The lowest BCUT2D eigenvalue weighted by Crippen LogP contribution is -2.08. The minimum absolute atomic E-state index is 0.0529. The van der Waals surface area contributed by atoms with Crippen LogP contribution in [-0.4, -0.2) is 5.97 Å². The van der Waals surface area contributed by atoms with Crippen LogP contribution in [0.3, 0.4) is 0 Å². The maximum atomic E-state index is 13.7. The summed E-state index contributed by atoms with van der Waals surface area (Å²) < 4.78 is 18.9. The van der Waals surface area contributed by atoms with Crippen LogP contribution >= 0.6 is 0 Å². The molecule has 4 aromatic rings. The van der Waals surface area contributed by atoms with Crippen LogP contribution in [0.2, 0.25) is 0 Å². The molecular formula is C31H24FNO2. The van der Waals surface area contributed by atoms with Gasteiger partial charge >= 0.3 is 5.97 Å². The number of carbonyl (C=O) groups is 1. The van der Waals surface area contributed by atoms with Crippen molar-refractivity contribution in [3.8, 4) is 11.8 Å². The molecule has 4 aromatic carbocycles. The fraction of sp³-hybridized carbons (Fsp3) is 0.0968. The molecule has 0 bridgehead atoms. The third kappa shape index (κ3) is 6.31. The van der Waals surface area contributed by atoms with Crippen LogP contribution in [0.5, 0.6) is 5.75 Å². The van der Waals surface area contributed by atoms with Crippen molar-refractivity contribution in [1.82, 2.24) is 0 Å². The van der Waals surface area contributed by atoms with E-state index in [0.717, 1.165) is 23.6 Å². The molecule has 0 aliphatic rings. The van der Waals surface area contributed by atoms with E-state index in [1.54, 1.807) is 18.2 Å². The van der Waals surface area contributed by atoms with E-state index in [4.69, 9.17) is 10.00 Å². The zero-order valence-corrected chi connectivity index (χ0v) is 19.3. The van der Waals surface area contributed by atoms with Crippen LogP contribution in [0.4, 0.5) is 4.39 Å². The van der Waals surface area contributed by atoms with E-state index in [0.29, 0.717) is 11.5 Å². The van der Waals surface area contributed by atoms with Crippen molar-refractivity contribution in [3.63, 3.8) is 0 Å². The summed E-state index contributed by atoms with van der Waals surface area (Å²) >= 11 is 0.